The highest BCUT2D eigenvalue weighted by atomic mass is 16.6. The summed E-state index contributed by atoms with van der Waals surface area (Å²) in [6.45, 7) is 5.30. The third kappa shape index (κ3) is 3.02. The molecule has 1 aromatic carbocycles. The second-order valence-corrected chi connectivity index (χ2v) is 7.62. The number of hydrogen-bond donors (Lipinski definition) is 0. The van der Waals surface area contributed by atoms with Gasteiger partial charge in [-0.25, -0.2) is 9.59 Å². The number of amides is 1. The molecule has 0 saturated carbocycles. The molecular formula is C19H23NO6. The van der Waals surface area contributed by atoms with Gasteiger partial charge >= 0.3 is 18.0 Å². The number of ether oxygens (including phenoxy) is 3. The first-order chi connectivity index (χ1) is 12.2. The maximum absolute atomic E-state index is 12.7. The van der Waals surface area contributed by atoms with E-state index in [1.54, 1.807) is 20.8 Å². The maximum Gasteiger partial charge on any atom is 0.411 e. The van der Waals surface area contributed by atoms with Gasteiger partial charge in [0.25, 0.3) is 0 Å². The van der Waals surface area contributed by atoms with Crippen molar-refractivity contribution in [2.24, 2.45) is 5.92 Å². The summed E-state index contributed by atoms with van der Waals surface area (Å²) in [4.78, 5) is 38.6. The molecule has 0 spiro atoms. The predicted octanol–water partition coefficient (Wildman–Crippen LogP) is 2.24. The van der Waals surface area contributed by atoms with Crippen LogP contribution in [0.5, 0.6) is 0 Å². The van der Waals surface area contributed by atoms with Crippen molar-refractivity contribution in [3.05, 3.63) is 35.9 Å². The Morgan fingerprint density at radius 2 is 1.88 bits per heavy atom. The van der Waals surface area contributed by atoms with E-state index in [1.807, 2.05) is 30.3 Å². The van der Waals surface area contributed by atoms with Gasteiger partial charge in [0, 0.05) is 5.92 Å². The Morgan fingerprint density at radius 3 is 2.46 bits per heavy atom. The minimum atomic E-state index is -1.08. The number of rotatable bonds is 2. The molecule has 1 aromatic rings. The summed E-state index contributed by atoms with van der Waals surface area (Å²) < 4.78 is 16.1. The molecule has 3 atom stereocenters. The van der Waals surface area contributed by atoms with E-state index < -0.39 is 41.2 Å². The molecular weight excluding hydrogens is 338 g/mol. The van der Waals surface area contributed by atoms with Gasteiger partial charge in [-0.3, -0.25) is 9.69 Å². The highest BCUT2D eigenvalue weighted by molar-refractivity contribution is 5.86. The molecule has 2 fully saturated rings. The van der Waals surface area contributed by atoms with Crippen LogP contribution >= 0.6 is 0 Å². The van der Waals surface area contributed by atoms with Crippen molar-refractivity contribution < 1.29 is 28.6 Å². The molecule has 26 heavy (non-hydrogen) atoms. The number of carbonyl (C=O) groups is 3. The number of carbonyl (C=O) groups excluding carboxylic acids is 3. The largest absolute Gasteiger partial charge is 0.467 e. The molecule has 2 aliphatic heterocycles. The molecule has 7 heteroatoms. The summed E-state index contributed by atoms with van der Waals surface area (Å²) in [5.41, 5.74) is -1.05. The molecule has 3 rings (SSSR count). The van der Waals surface area contributed by atoms with Gasteiger partial charge in [0.05, 0.1) is 20.1 Å². The summed E-state index contributed by atoms with van der Waals surface area (Å²) in [5.74, 6) is -1.51. The average Bonchev–Trinajstić information content (AvgIpc) is 3.05. The van der Waals surface area contributed by atoms with Crippen molar-refractivity contribution in [2.45, 2.75) is 44.4 Å². The number of hydrogen-bond acceptors (Lipinski definition) is 6. The number of benzene rings is 1. The molecule has 140 valence electrons. The van der Waals surface area contributed by atoms with E-state index in [0.29, 0.717) is 0 Å². The monoisotopic (exact) mass is 361 g/mol. The first-order valence-electron chi connectivity index (χ1n) is 8.53. The fourth-order valence-electron chi connectivity index (χ4n) is 3.75. The lowest BCUT2D eigenvalue weighted by Gasteiger charge is -2.29. The van der Waals surface area contributed by atoms with E-state index in [0.717, 1.165) is 5.56 Å². The zero-order valence-electron chi connectivity index (χ0n) is 15.4. The Labute approximate surface area is 152 Å². The lowest BCUT2D eigenvalue weighted by atomic mass is 9.81. The number of methoxy groups -OCH3 is 1. The molecule has 2 heterocycles. The van der Waals surface area contributed by atoms with Gasteiger partial charge in [-0.1, -0.05) is 30.3 Å². The van der Waals surface area contributed by atoms with Crippen molar-refractivity contribution in [1.29, 1.82) is 0 Å². The Hall–Kier alpha value is -2.57. The van der Waals surface area contributed by atoms with E-state index in [-0.39, 0.29) is 13.0 Å². The zero-order chi connectivity index (χ0) is 19.1. The minimum Gasteiger partial charge on any atom is -0.467 e. The maximum atomic E-state index is 12.7. The first-order valence-corrected chi connectivity index (χ1v) is 8.53. The number of nitrogens with zero attached hydrogens (tertiary/aromatic N) is 1. The van der Waals surface area contributed by atoms with E-state index in [4.69, 9.17) is 14.2 Å². The van der Waals surface area contributed by atoms with Gasteiger partial charge < -0.3 is 14.2 Å². The van der Waals surface area contributed by atoms with Crippen LogP contribution in [0.1, 0.15) is 32.8 Å². The van der Waals surface area contributed by atoms with Crippen LogP contribution < -0.4 is 0 Å². The van der Waals surface area contributed by atoms with E-state index in [9.17, 15) is 14.4 Å². The molecule has 0 bridgehead atoms. The summed E-state index contributed by atoms with van der Waals surface area (Å²) in [6.07, 6.45) is -0.595. The van der Waals surface area contributed by atoms with Gasteiger partial charge in [-0.2, -0.15) is 0 Å². The predicted molar refractivity (Wildman–Crippen MR) is 91.1 cm³/mol. The number of esters is 2. The lowest BCUT2D eigenvalue weighted by Crippen LogP contribution is -2.46. The lowest BCUT2D eigenvalue weighted by molar-refractivity contribution is -0.149. The first kappa shape index (κ1) is 18.2. The highest BCUT2D eigenvalue weighted by Crippen LogP contribution is 2.50. The Balaban J connectivity index is 2.04. The van der Waals surface area contributed by atoms with Crippen LogP contribution in [0, 0.1) is 5.92 Å². The number of likely N-dealkylation sites (tertiary alicyclic amines) is 1. The van der Waals surface area contributed by atoms with E-state index in [1.165, 1.54) is 12.0 Å². The van der Waals surface area contributed by atoms with Crippen LogP contribution in [0.3, 0.4) is 0 Å². The van der Waals surface area contributed by atoms with Gasteiger partial charge in [0.1, 0.15) is 11.6 Å². The smallest absolute Gasteiger partial charge is 0.411 e. The Morgan fingerprint density at radius 1 is 1.23 bits per heavy atom. The SMILES string of the molecule is COC(=O)[C@@H]1[C@H]2CC(=O)O[C@@]2(c2ccccc2)CN1C(=O)OC(C)(C)C. The third-order valence-electron chi connectivity index (χ3n) is 4.74. The van der Waals surface area contributed by atoms with Gasteiger partial charge in [0.15, 0.2) is 5.60 Å². The molecule has 7 nitrogen and oxygen atoms in total. The van der Waals surface area contributed by atoms with Crippen LogP contribution in [-0.2, 0) is 29.4 Å². The molecule has 0 radical (unpaired) electrons. The van der Waals surface area contributed by atoms with Crippen LogP contribution in [0.25, 0.3) is 0 Å². The van der Waals surface area contributed by atoms with Crippen LogP contribution in [-0.4, -0.2) is 48.2 Å². The summed E-state index contributed by atoms with van der Waals surface area (Å²) in [7, 11) is 1.26. The fraction of sp³-hybridized carbons (Fsp3) is 0.526. The van der Waals surface area contributed by atoms with Crippen molar-refractivity contribution in [1.82, 2.24) is 4.90 Å². The van der Waals surface area contributed by atoms with Crippen molar-refractivity contribution >= 4 is 18.0 Å². The molecule has 1 amide bonds. The van der Waals surface area contributed by atoms with Gasteiger partial charge in [0.2, 0.25) is 0 Å². The standard InChI is InChI=1S/C19H23NO6/c1-18(2,3)26-17(23)20-11-19(12-8-6-5-7-9-12)13(10-14(21)25-19)15(20)16(22)24-4/h5-9,13,15H,10-11H2,1-4H3/t13-,15+,19-/m1/s1. The van der Waals surface area contributed by atoms with Gasteiger partial charge in [-0.05, 0) is 26.3 Å². The average molecular weight is 361 g/mol. The highest BCUT2D eigenvalue weighted by Gasteiger charge is 2.64. The van der Waals surface area contributed by atoms with Gasteiger partial charge in [-0.15, -0.1) is 0 Å². The quantitative estimate of drug-likeness (QED) is 0.593. The topological polar surface area (TPSA) is 82.1 Å². The second-order valence-electron chi connectivity index (χ2n) is 7.62. The third-order valence-corrected chi connectivity index (χ3v) is 4.74. The Kier molecular flexibility index (Phi) is 4.42. The normalized spacial score (nSPS) is 27.7. The summed E-state index contributed by atoms with van der Waals surface area (Å²) in [6, 6.07) is 8.23. The van der Waals surface area contributed by atoms with Crippen LogP contribution in [0.15, 0.2) is 30.3 Å². The Bertz CT molecular complexity index is 725. The van der Waals surface area contributed by atoms with Crippen LogP contribution in [0.4, 0.5) is 4.79 Å². The fourth-order valence-corrected chi connectivity index (χ4v) is 3.75. The van der Waals surface area contributed by atoms with E-state index in [2.05, 4.69) is 0 Å². The van der Waals surface area contributed by atoms with Crippen molar-refractivity contribution in [2.75, 3.05) is 13.7 Å². The molecule has 0 N–H and O–H groups in total. The van der Waals surface area contributed by atoms with Crippen molar-refractivity contribution in [3.8, 4) is 0 Å². The number of fused-ring (bicyclic) bond motifs is 1. The summed E-state index contributed by atoms with van der Waals surface area (Å²) in [5, 5.41) is 0. The molecule has 0 unspecified atom stereocenters. The van der Waals surface area contributed by atoms with Crippen molar-refractivity contribution in [3.63, 3.8) is 0 Å². The molecule has 2 saturated heterocycles. The zero-order valence-corrected chi connectivity index (χ0v) is 15.4. The van der Waals surface area contributed by atoms with E-state index >= 15 is 0 Å². The van der Waals surface area contributed by atoms with Crippen LogP contribution in [0.2, 0.25) is 0 Å². The summed E-state index contributed by atoms with van der Waals surface area (Å²) >= 11 is 0. The minimum absolute atomic E-state index is 0.0357. The molecule has 0 aliphatic carbocycles. The second kappa shape index (κ2) is 6.30. The molecule has 0 aromatic heterocycles. The molecule has 2 aliphatic rings.